The Labute approximate surface area is 114 Å². The maximum Gasteiger partial charge on any atom is 0.138 e. The van der Waals surface area contributed by atoms with E-state index >= 15 is 0 Å². The second-order valence-corrected chi connectivity index (χ2v) is 4.81. The number of halogens is 3. The topological polar surface area (TPSA) is 56.7 Å². The minimum Gasteiger partial charge on any atom is -0.323 e. The van der Waals surface area contributed by atoms with E-state index in [2.05, 4.69) is 10.1 Å². The summed E-state index contributed by atoms with van der Waals surface area (Å²) in [6, 6.07) is 0.330. The average Bonchev–Trinajstić information content (AvgIpc) is 2.75. The molecular formula is C13H15F3N4. The van der Waals surface area contributed by atoms with Crippen LogP contribution < -0.4 is 5.73 Å². The van der Waals surface area contributed by atoms with Crippen molar-refractivity contribution in [3.63, 3.8) is 0 Å². The van der Waals surface area contributed by atoms with E-state index in [1.54, 1.807) is 4.68 Å². The first-order valence-electron chi connectivity index (χ1n) is 6.18. The number of nitrogens with zero attached hydrogens (tertiary/aromatic N) is 3. The molecule has 1 unspecified atom stereocenters. The molecule has 0 saturated heterocycles. The van der Waals surface area contributed by atoms with Crippen molar-refractivity contribution in [2.24, 2.45) is 5.73 Å². The maximum atomic E-state index is 13.6. The zero-order chi connectivity index (χ0) is 14.9. The zero-order valence-electron chi connectivity index (χ0n) is 11.1. The van der Waals surface area contributed by atoms with Gasteiger partial charge in [-0.1, -0.05) is 0 Å². The van der Waals surface area contributed by atoms with Crippen LogP contribution in [0.2, 0.25) is 0 Å². The molecular weight excluding hydrogens is 269 g/mol. The molecule has 0 aliphatic carbocycles. The van der Waals surface area contributed by atoms with Gasteiger partial charge in [0.15, 0.2) is 0 Å². The SMILES string of the molecule is CC(C)n1ncnc1CC(N)c1c(F)cc(F)cc1F. The van der Waals surface area contributed by atoms with Crippen LogP contribution in [0, 0.1) is 17.5 Å². The molecule has 0 amide bonds. The van der Waals surface area contributed by atoms with Crippen molar-refractivity contribution in [1.29, 1.82) is 0 Å². The molecule has 2 N–H and O–H groups in total. The third-order valence-electron chi connectivity index (χ3n) is 2.95. The fraction of sp³-hybridized carbons (Fsp3) is 0.385. The smallest absolute Gasteiger partial charge is 0.138 e. The van der Waals surface area contributed by atoms with Crippen LogP contribution in [0.3, 0.4) is 0 Å². The predicted molar refractivity (Wildman–Crippen MR) is 67.4 cm³/mol. The molecule has 0 fully saturated rings. The van der Waals surface area contributed by atoms with E-state index in [1.807, 2.05) is 13.8 Å². The largest absolute Gasteiger partial charge is 0.323 e. The minimum absolute atomic E-state index is 0.0580. The average molecular weight is 284 g/mol. The Morgan fingerprint density at radius 1 is 1.20 bits per heavy atom. The Kier molecular flexibility index (Phi) is 4.08. The van der Waals surface area contributed by atoms with Crippen molar-refractivity contribution in [3.8, 4) is 0 Å². The van der Waals surface area contributed by atoms with Crippen LogP contribution >= 0.6 is 0 Å². The molecule has 0 radical (unpaired) electrons. The van der Waals surface area contributed by atoms with E-state index in [0.29, 0.717) is 18.0 Å². The first-order valence-corrected chi connectivity index (χ1v) is 6.18. The molecule has 1 aromatic heterocycles. The van der Waals surface area contributed by atoms with Crippen LogP contribution in [0.4, 0.5) is 13.2 Å². The Bertz CT molecular complexity index is 586. The quantitative estimate of drug-likeness (QED) is 0.938. The lowest BCUT2D eigenvalue weighted by Crippen LogP contribution is -2.20. The van der Waals surface area contributed by atoms with Gasteiger partial charge in [0.05, 0.1) is 0 Å². The Morgan fingerprint density at radius 2 is 1.80 bits per heavy atom. The van der Waals surface area contributed by atoms with Crippen molar-refractivity contribution in [2.75, 3.05) is 0 Å². The van der Waals surface area contributed by atoms with Gasteiger partial charge < -0.3 is 5.73 Å². The van der Waals surface area contributed by atoms with E-state index in [9.17, 15) is 13.2 Å². The fourth-order valence-corrected chi connectivity index (χ4v) is 2.06. The van der Waals surface area contributed by atoms with Gasteiger partial charge in [-0.05, 0) is 13.8 Å². The maximum absolute atomic E-state index is 13.6. The Morgan fingerprint density at radius 3 is 2.35 bits per heavy atom. The molecule has 1 heterocycles. The normalized spacial score (nSPS) is 12.9. The highest BCUT2D eigenvalue weighted by molar-refractivity contribution is 5.24. The van der Waals surface area contributed by atoms with E-state index in [0.717, 1.165) is 0 Å². The fourth-order valence-electron chi connectivity index (χ4n) is 2.06. The molecule has 0 spiro atoms. The van der Waals surface area contributed by atoms with Crippen molar-refractivity contribution >= 4 is 0 Å². The second kappa shape index (κ2) is 5.62. The summed E-state index contributed by atoms with van der Waals surface area (Å²) in [6.45, 7) is 3.81. The lowest BCUT2D eigenvalue weighted by atomic mass is 10.0. The third kappa shape index (κ3) is 2.82. The monoisotopic (exact) mass is 284 g/mol. The first-order chi connectivity index (χ1) is 9.40. The summed E-state index contributed by atoms with van der Waals surface area (Å²) in [6.07, 6.45) is 1.47. The van der Waals surface area contributed by atoms with Gasteiger partial charge in [0.2, 0.25) is 0 Å². The zero-order valence-corrected chi connectivity index (χ0v) is 11.1. The molecule has 0 bridgehead atoms. The van der Waals surface area contributed by atoms with Gasteiger partial charge >= 0.3 is 0 Å². The van der Waals surface area contributed by atoms with E-state index < -0.39 is 23.5 Å². The predicted octanol–water partition coefficient (Wildman–Crippen LogP) is 2.52. The van der Waals surface area contributed by atoms with Crippen LogP contribution in [-0.4, -0.2) is 14.8 Å². The summed E-state index contributed by atoms with van der Waals surface area (Å²) in [5, 5.41) is 4.02. The van der Waals surface area contributed by atoms with E-state index in [4.69, 9.17) is 5.73 Å². The number of rotatable bonds is 4. The Hall–Kier alpha value is -1.89. The van der Waals surface area contributed by atoms with Crippen molar-refractivity contribution in [3.05, 3.63) is 47.3 Å². The van der Waals surface area contributed by atoms with Crippen LogP contribution in [0.25, 0.3) is 0 Å². The van der Waals surface area contributed by atoms with Gasteiger partial charge in [-0.25, -0.2) is 22.8 Å². The van der Waals surface area contributed by atoms with Gasteiger partial charge in [0.25, 0.3) is 0 Å². The van der Waals surface area contributed by atoms with Gasteiger partial charge in [-0.2, -0.15) is 5.10 Å². The van der Waals surface area contributed by atoms with Crippen LogP contribution in [0.1, 0.15) is 37.3 Å². The third-order valence-corrected chi connectivity index (χ3v) is 2.95. The summed E-state index contributed by atoms with van der Waals surface area (Å²) in [5.41, 5.74) is 5.48. The highest BCUT2D eigenvalue weighted by atomic mass is 19.1. The number of hydrogen-bond acceptors (Lipinski definition) is 3. The lowest BCUT2D eigenvalue weighted by molar-refractivity contribution is 0.472. The lowest BCUT2D eigenvalue weighted by Gasteiger charge is -2.15. The van der Waals surface area contributed by atoms with Crippen molar-refractivity contribution < 1.29 is 13.2 Å². The minimum atomic E-state index is -0.995. The number of nitrogens with two attached hydrogens (primary N) is 1. The molecule has 20 heavy (non-hydrogen) atoms. The molecule has 0 saturated carbocycles. The summed E-state index contributed by atoms with van der Waals surface area (Å²) < 4.78 is 41.8. The van der Waals surface area contributed by atoms with Gasteiger partial charge in [-0.3, -0.25) is 0 Å². The van der Waals surface area contributed by atoms with E-state index in [1.165, 1.54) is 6.33 Å². The molecule has 0 aliphatic rings. The molecule has 108 valence electrons. The van der Waals surface area contributed by atoms with Crippen molar-refractivity contribution in [1.82, 2.24) is 14.8 Å². The first kappa shape index (κ1) is 14.5. The standard InChI is InChI=1S/C13H15F3N4/c1-7(2)20-12(18-6-19-20)5-11(17)13-9(15)3-8(14)4-10(13)16/h3-4,6-7,11H,5,17H2,1-2H3. The van der Waals surface area contributed by atoms with Gasteiger partial charge in [0, 0.05) is 36.2 Å². The number of benzene rings is 1. The van der Waals surface area contributed by atoms with Crippen LogP contribution in [0.15, 0.2) is 18.5 Å². The van der Waals surface area contributed by atoms with Gasteiger partial charge in [-0.15, -0.1) is 0 Å². The highest BCUT2D eigenvalue weighted by Crippen LogP contribution is 2.23. The van der Waals surface area contributed by atoms with Crippen LogP contribution in [0.5, 0.6) is 0 Å². The molecule has 0 aliphatic heterocycles. The Balaban J connectivity index is 2.29. The van der Waals surface area contributed by atoms with Crippen LogP contribution in [-0.2, 0) is 6.42 Å². The van der Waals surface area contributed by atoms with E-state index in [-0.39, 0.29) is 18.0 Å². The highest BCUT2D eigenvalue weighted by Gasteiger charge is 2.21. The summed E-state index contributed by atoms with van der Waals surface area (Å²) >= 11 is 0. The summed E-state index contributed by atoms with van der Waals surface area (Å²) in [7, 11) is 0. The molecule has 2 rings (SSSR count). The molecule has 1 atom stereocenters. The number of aromatic nitrogens is 3. The van der Waals surface area contributed by atoms with Gasteiger partial charge in [0.1, 0.15) is 29.6 Å². The summed E-state index contributed by atoms with van der Waals surface area (Å²) in [5.74, 6) is -2.44. The summed E-state index contributed by atoms with van der Waals surface area (Å²) in [4.78, 5) is 4.03. The van der Waals surface area contributed by atoms with Crippen molar-refractivity contribution in [2.45, 2.75) is 32.4 Å². The molecule has 1 aromatic carbocycles. The molecule has 7 heteroatoms. The molecule has 4 nitrogen and oxygen atoms in total. The molecule has 2 aromatic rings. The second-order valence-electron chi connectivity index (χ2n) is 4.81. The number of hydrogen-bond donors (Lipinski definition) is 1.